The van der Waals surface area contributed by atoms with Gasteiger partial charge in [0, 0.05) is 12.6 Å². The van der Waals surface area contributed by atoms with Gasteiger partial charge in [-0.05, 0) is 38.3 Å². The van der Waals surface area contributed by atoms with Gasteiger partial charge >= 0.3 is 0 Å². The monoisotopic (exact) mass is 282 g/mol. The van der Waals surface area contributed by atoms with Crippen LogP contribution in [-0.4, -0.2) is 26.8 Å². The van der Waals surface area contributed by atoms with Crippen molar-refractivity contribution in [3.8, 4) is 0 Å². The van der Waals surface area contributed by atoms with Crippen LogP contribution < -0.4 is 10.0 Å². The van der Waals surface area contributed by atoms with Crippen molar-refractivity contribution in [1.29, 1.82) is 0 Å². The van der Waals surface area contributed by atoms with Gasteiger partial charge in [0.15, 0.2) is 0 Å². The number of aryl methyl sites for hydroxylation is 1. The first-order valence-corrected chi connectivity index (χ1v) is 8.47. The normalized spacial score (nSPS) is 19.7. The van der Waals surface area contributed by atoms with Gasteiger partial charge in [0.05, 0.1) is 5.75 Å². The number of nitrogens with one attached hydrogen (secondary N) is 2. The minimum atomic E-state index is -3.17. The van der Waals surface area contributed by atoms with E-state index in [1.165, 1.54) is 5.56 Å². The molecule has 0 bridgehead atoms. The molecule has 4 nitrogen and oxygen atoms in total. The predicted octanol–water partition coefficient (Wildman–Crippen LogP) is 1.56. The van der Waals surface area contributed by atoms with E-state index in [4.69, 9.17) is 0 Å². The maximum absolute atomic E-state index is 11.9. The molecule has 1 heterocycles. The average molecular weight is 282 g/mol. The molecular weight excluding hydrogens is 260 g/mol. The molecule has 19 heavy (non-hydrogen) atoms. The Morgan fingerprint density at radius 3 is 2.68 bits per heavy atom. The van der Waals surface area contributed by atoms with Crippen LogP contribution in [0.25, 0.3) is 0 Å². The fraction of sp³-hybridized carbons (Fsp3) is 0.571. The van der Waals surface area contributed by atoms with Gasteiger partial charge < -0.3 is 5.32 Å². The van der Waals surface area contributed by atoms with Crippen LogP contribution in [0.5, 0.6) is 0 Å². The predicted molar refractivity (Wildman–Crippen MR) is 77.4 cm³/mol. The molecule has 2 rings (SSSR count). The first-order valence-electron chi connectivity index (χ1n) is 6.81. The van der Waals surface area contributed by atoms with E-state index in [0.717, 1.165) is 24.9 Å². The summed E-state index contributed by atoms with van der Waals surface area (Å²) in [6.07, 6.45) is 2.94. The quantitative estimate of drug-likeness (QED) is 0.832. The molecule has 2 N–H and O–H groups in total. The second-order valence-electron chi connectivity index (χ2n) is 5.21. The molecule has 1 atom stereocenters. The standard InChI is InChI=1S/C14H22N2O2S/c1-12-4-6-13(7-5-12)11-16-19(17,18)10-8-14-3-2-9-15-14/h4-7,14-16H,2-3,8-11H2,1H3. The van der Waals surface area contributed by atoms with Crippen LogP contribution in [0.2, 0.25) is 0 Å². The maximum atomic E-state index is 11.9. The van der Waals surface area contributed by atoms with E-state index in [-0.39, 0.29) is 5.75 Å². The van der Waals surface area contributed by atoms with Gasteiger partial charge in [0.1, 0.15) is 0 Å². The summed E-state index contributed by atoms with van der Waals surface area (Å²) in [5.74, 6) is 0.205. The Kier molecular flexibility index (Phi) is 4.96. The SMILES string of the molecule is Cc1ccc(CNS(=O)(=O)CCC2CCCN2)cc1. The van der Waals surface area contributed by atoms with Crippen molar-refractivity contribution in [1.82, 2.24) is 10.0 Å². The lowest BCUT2D eigenvalue weighted by atomic mass is 10.2. The molecule has 1 aliphatic heterocycles. The van der Waals surface area contributed by atoms with Gasteiger partial charge in [-0.3, -0.25) is 0 Å². The van der Waals surface area contributed by atoms with Gasteiger partial charge in [0.2, 0.25) is 10.0 Å². The van der Waals surface area contributed by atoms with Gasteiger partial charge in [-0.2, -0.15) is 0 Å². The highest BCUT2D eigenvalue weighted by atomic mass is 32.2. The third kappa shape index (κ3) is 4.93. The molecule has 0 saturated carbocycles. The van der Waals surface area contributed by atoms with Gasteiger partial charge in [-0.15, -0.1) is 0 Å². The Morgan fingerprint density at radius 2 is 2.05 bits per heavy atom. The van der Waals surface area contributed by atoms with Crippen molar-refractivity contribution in [3.05, 3.63) is 35.4 Å². The van der Waals surface area contributed by atoms with Crippen LogP contribution in [0.15, 0.2) is 24.3 Å². The molecule has 0 aromatic heterocycles. The molecular formula is C14H22N2O2S. The van der Waals surface area contributed by atoms with Crippen molar-refractivity contribution < 1.29 is 8.42 Å². The summed E-state index contributed by atoms with van der Waals surface area (Å²) in [6, 6.07) is 8.27. The lowest BCUT2D eigenvalue weighted by Crippen LogP contribution is -2.30. The fourth-order valence-electron chi connectivity index (χ4n) is 2.27. The summed E-state index contributed by atoms with van der Waals surface area (Å²) in [7, 11) is -3.17. The molecule has 1 saturated heterocycles. The highest BCUT2D eigenvalue weighted by molar-refractivity contribution is 7.89. The average Bonchev–Trinajstić information content (AvgIpc) is 2.89. The molecule has 1 aromatic rings. The lowest BCUT2D eigenvalue weighted by Gasteiger charge is -2.11. The van der Waals surface area contributed by atoms with Crippen LogP contribution >= 0.6 is 0 Å². The first kappa shape index (κ1) is 14.5. The van der Waals surface area contributed by atoms with Gasteiger partial charge in [-0.25, -0.2) is 13.1 Å². The van der Waals surface area contributed by atoms with E-state index < -0.39 is 10.0 Å². The number of hydrogen-bond donors (Lipinski definition) is 2. The van der Waals surface area contributed by atoms with E-state index in [0.29, 0.717) is 19.0 Å². The first-order chi connectivity index (χ1) is 9.05. The molecule has 0 aliphatic carbocycles. The van der Waals surface area contributed by atoms with Crippen LogP contribution in [-0.2, 0) is 16.6 Å². The van der Waals surface area contributed by atoms with Crippen LogP contribution in [0.4, 0.5) is 0 Å². The Morgan fingerprint density at radius 1 is 1.32 bits per heavy atom. The number of benzene rings is 1. The molecule has 0 spiro atoms. The number of rotatable bonds is 6. The van der Waals surface area contributed by atoms with E-state index >= 15 is 0 Å². The second kappa shape index (κ2) is 6.50. The van der Waals surface area contributed by atoms with Crippen LogP contribution in [0.3, 0.4) is 0 Å². The summed E-state index contributed by atoms with van der Waals surface area (Å²) in [5.41, 5.74) is 2.17. The van der Waals surface area contributed by atoms with E-state index in [2.05, 4.69) is 10.0 Å². The van der Waals surface area contributed by atoms with Crippen molar-refractivity contribution in [2.75, 3.05) is 12.3 Å². The minimum Gasteiger partial charge on any atom is -0.314 e. The maximum Gasteiger partial charge on any atom is 0.211 e. The summed E-state index contributed by atoms with van der Waals surface area (Å²) in [5, 5.41) is 3.32. The highest BCUT2D eigenvalue weighted by Gasteiger charge is 2.18. The third-order valence-corrected chi connectivity index (χ3v) is 4.87. The molecule has 1 aromatic carbocycles. The second-order valence-corrected chi connectivity index (χ2v) is 7.13. The zero-order valence-electron chi connectivity index (χ0n) is 11.4. The fourth-order valence-corrected chi connectivity index (χ4v) is 3.40. The Labute approximate surface area is 115 Å². The highest BCUT2D eigenvalue weighted by Crippen LogP contribution is 2.10. The van der Waals surface area contributed by atoms with Crippen LogP contribution in [0.1, 0.15) is 30.4 Å². The molecule has 1 aliphatic rings. The molecule has 5 heteroatoms. The topological polar surface area (TPSA) is 58.2 Å². The third-order valence-electron chi connectivity index (χ3n) is 3.51. The number of hydrogen-bond acceptors (Lipinski definition) is 3. The summed E-state index contributed by atoms with van der Waals surface area (Å²) < 4.78 is 26.4. The van der Waals surface area contributed by atoms with Crippen molar-refractivity contribution in [3.63, 3.8) is 0 Å². The zero-order chi connectivity index (χ0) is 13.7. The molecule has 0 amide bonds. The molecule has 0 radical (unpaired) electrons. The largest absolute Gasteiger partial charge is 0.314 e. The Hall–Kier alpha value is -0.910. The molecule has 106 valence electrons. The smallest absolute Gasteiger partial charge is 0.211 e. The van der Waals surface area contributed by atoms with Gasteiger partial charge in [0.25, 0.3) is 0 Å². The Bertz CT molecular complexity index is 491. The summed E-state index contributed by atoms with van der Waals surface area (Å²) in [4.78, 5) is 0. The molecule has 1 unspecified atom stereocenters. The van der Waals surface area contributed by atoms with Crippen LogP contribution in [0, 0.1) is 6.92 Å². The minimum absolute atomic E-state index is 0.205. The summed E-state index contributed by atoms with van der Waals surface area (Å²) >= 11 is 0. The summed E-state index contributed by atoms with van der Waals surface area (Å²) in [6.45, 7) is 3.41. The Balaban J connectivity index is 1.78. The van der Waals surface area contributed by atoms with Crippen molar-refractivity contribution in [2.45, 2.75) is 38.8 Å². The van der Waals surface area contributed by atoms with E-state index in [1.807, 2.05) is 31.2 Å². The van der Waals surface area contributed by atoms with E-state index in [9.17, 15) is 8.42 Å². The zero-order valence-corrected chi connectivity index (χ0v) is 12.2. The molecule has 1 fully saturated rings. The van der Waals surface area contributed by atoms with Crippen molar-refractivity contribution in [2.24, 2.45) is 0 Å². The van der Waals surface area contributed by atoms with Crippen molar-refractivity contribution >= 4 is 10.0 Å². The number of sulfonamides is 1. The lowest BCUT2D eigenvalue weighted by molar-refractivity contribution is 0.553. The van der Waals surface area contributed by atoms with Gasteiger partial charge in [-0.1, -0.05) is 29.8 Å². The van der Waals surface area contributed by atoms with E-state index in [1.54, 1.807) is 0 Å².